The van der Waals surface area contributed by atoms with Crippen LogP contribution in [-0.2, 0) is 4.79 Å². The van der Waals surface area contributed by atoms with Crippen LogP contribution in [0.15, 0.2) is 0 Å². The molecule has 1 unspecified atom stereocenters. The van der Waals surface area contributed by atoms with E-state index in [1.165, 1.54) is 12.8 Å². The van der Waals surface area contributed by atoms with Gasteiger partial charge in [-0.3, -0.25) is 9.69 Å². The quantitative estimate of drug-likeness (QED) is 0.812. The fraction of sp³-hybridized carbons (Fsp3) is 0.929. The second-order valence-corrected chi connectivity index (χ2v) is 6.54. The molecule has 1 aliphatic carbocycles. The van der Waals surface area contributed by atoms with Gasteiger partial charge in [0.15, 0.2) is 0 Å². The third-order valence-electron chi connectivity index (χ3n) is 4.01. The van der Waals surface area contributed by atoms with Crippen molar-refractivity contribution in [1.29, 1.82) is 0 Å². The Balaban J connectivity index is 1.77. The van der Waals surface area contributed by atoms with Gasteiger partial charge in [-0.1, -0.05) is 6.92 Å². The first-order chi connectivity index (χ1) is 8.37. The molecular formula is C14H26N2O2. The minimum Gasteiger partial charge on any atom is -0.389 e. The first-order valence-corrected chi connectivity index (χ1v) is 7.10. The van der Waals surface area contributed by atoms with Gasteiger partial charge in [-0.25, -0.2) is 0 Å². The maximum absolute atomic E-state index is 12.2. The van der Waals surface area contributed by atoms with Crippen molar-refractivity contribution in [3.8, 4) is 0 Å². The molecule has 1 saturated heterocycles. The zero-order valence-corrected chi connectivity index (χ0v) is 11.9. The number of amides is 1. The van der Waals surface area contributed by atoms with Crippen molar-refractivity contribution in [2.75, 3.05) is 32.7 Å². The molecule has 0 spiro atoms. The molecule has 1 aliphatic heterocycles. The monoisotopic (exact) mass is 254 g/mol. The number of β-amino-alcohol motifs (C(OH)–C–C–N with tert-alkyl or cyclic N) is 1. The van der Waals surface area contributed by atoms with Gasteiger partial charge in [0.2, 0.25) is 5.91 Å². The highest BCUT2D eigenvalue weighted by Gasteiger charge is 2.35. The molecule has 4 heteroatoms. The maximum atomic E-state index is 12.2. The van der Waals surface area contributed by atoms with Gasteiger partial charge in [0, 0.05) is 38.6 Å². The third kappa shape index (κ3) is 3.69. The van der Waals surface area contributed by atoms with E-state index in [9.17, 15) is 9.90 Å². The van der Waals surface area contributed by atoms with E-state index in [0.717, 1.165) is 26.2 Å². The van der Waals surface area contributed by atoms with Crippen molar-refractivity contribution in [1.82, 2.24) is 9.80 Å². The first-order valence-electron chi connectivity index (χ1n) is 7.10. The van der Waals surface area contributed by atoms with Crippen molar-refractivity contribution in [3.05, 3.63) is 0 Å². The first kappa shape index (κ1) is 13.8. The van der Waals surface area contributed by atoms with Crippen LogP contribution in [0.5, 0.6) is 0 Å². The Morgan fingerprint density at radius 3 is 2.28 bits per heavy atom. The predicted octanol–water partition coefficient (Wildman–Crippen LogP) is 0.948. The summed E-state index contributed by atoms with van der Waals surface area (Å²) in [5.74, 6) is 1.19. The molecule has 2 rings (SSSR count). The van der Waals surface area contributed by atoms with Gasteiger partial charge in [-0.2, -0.15) is 0 Å². The molecule has 0 aromatic heterocycles. The van der Waals surface area contributed by atoms with Crippen LogP contribution in [0.2, 0.25) is 0 Å². The van der Waals surface area contributed by atoms with Crippen molar-refractivity contribution in [3.63, 3.8) is 0 Å². The van der Waals surface area contributed by atoms with E-state index in [4.69, 9.17) is 0 Å². The summed E-state index contributed by atoms with van der Waals surface area (Å²) in [5, 5.41) is 9.79. The van der Waals surface area contributed by atoms with E-state index >= 15 is 0 Å². The molecule has 0 aromatic rings. The Morgan fingerprint density at radius 2 is 1.83 bits per heavy atom. The summed E-state index contributed by atoms with van der Waals surface area (Å²) in [4.78, 5) is 16.5. The van der Waals surface area contributed by atoms with Crippen LogP contribution in [0.4, 0.5) is 0 Å². The van der Waals surface area contributed by atoms with Crippen molar-refractivity contribution in [2.45, 2.75) is 39.2 Å². The smallest absolute Gasteiger partial charge is 0.225 e. The summed E-state index contributed by atoms with van der Waals surface area (Å²) >= 11 is 0. The summed E-state index contributed by atoms with van der Waals surface area (Å²) in [6, 6.07) is 0. The van der Waals surface area contributed by atoms with E-state index in [0.29, 0.717) is 18.4 Å². The number of rotatable bonds is 4. The van der Waals surface area contributed by atoms with Crippen LogP contribution < -0.4 is 0 Å². The van der Waals surface area contributed by atoms with Crippen molar-refractivity contribution in [2.24, 2.45) is 11.8 Å². The number of hydrogen-bond acceptors (Lipinski definition) is 3. The zero-order valence-electron chi connectivity index (χ0n) is 11.9. The number of piperazine rings is 1. The average molecular weight is 254 g/mol. The number of carbonyl (C=O) groups excluding carboxylic acids is 1. The Morgan fingerprint density at radius 1 is 1.28 bits per heavy atom. The van der Waals surface area contributed by atoms with Crippen LogP contribution in [0.25, 0.3) is 0 Å². The lowest BCUT2D eigenvalue weighted by Crippen LogP contribution is -2.53. The number of nitrogens with zero attached hydrogens (tertiary/aromatic N) is 2. The molecule has 2 fully saturated rings. The van der Waals surface area contributed by atoms with E-state index in [1.807, 2.05) is 18.7 Å². The summed E-state index contributed by atoms with van der Waals surface area (Å²) in [6.45, 7) is 9.81. The van der Waals surface area contributed by atoms with Gasteiger partial charge >= 0.3 is 0 Å². The average Bonchev–Trinajstić information content (AvgIpc) is 3.10. The highest BCUT2D eigenvalue weighted by molar-refractivity contribution is 5.79. The SMILES string of the molecule is CC(C(=O)N1CCN(CC(C)(C)O)CC1)C1CC1. The molecule has 0 aromatic carbocycles. The molecule has 1 atom stereocenters. The molecule has 0 bridgehead atoms. The van der Waals surface area contributed by atoms with Gasteiger partial charge in [-0.15, -0.1) is 0 Å². The zero-order chi connectivity index (χ0) is 13.3. The highest BCUT2D eigenvalue weighted by atomic mass is 16.3. The third-order valence-corrected chi connectivity index (χ3v) is 4.01. The Bertz CT molecular complexity index is 299. The lowest BCUT2D eigenvalue weighted by Gasteiger charge is -2.38. The Kier molecular flexibility index (Phi) is 3.97. The fourth-order valence-electron chi connectivity index (χ4n) is 2.76. The molecule has 0 radical (unpaired) electrons. The molecule has 1 amide bonds. The second-order valence-electron chi connectivity index (χ2n) is 6.54. The van der Waals surface area contributed by atoms with Crippen LogP contribution in [0.1, 0.15) is 33.6 Å². The van der Waals surface area contributed by atoms with Crippen LogP contribution in [0, 0.1) is 11.8 Å². The lowest BCUT2D eigenvalue weighted by atomic mass is 10.0. The minimum absolute atomic E-state index is 0.214. The molecular weight excluding hydrogens is 228 g/mol. The summed E-state index contributed by atoms with van der Waals surface area (Å²) < 4.78 is 0. The van der Waals surface area contributed by atoms with Gasteiger partial charge in [0.25, 0.3) is 0 Å². The number of carbonyl (C=O) groups is 1. The van der Waals surface area contributed by atoms with Crippen LogP contribution >= 0.6 is 0 Å². The van der Waals surface area contributed by atoms with Gasteiger partial charge in [-0.05, 0) is 32.6 Å². The summed E-state index contributed by atoms with van der Waals surface area (Å²) in [5.41, 5.74) is -0.645. The normalized spacial score (nSPS) is 24.1. The van der Waals surface area contributed by atoms with Crippen molar-refractivity contribution < 1.29 is 9.90 Å². The Hall–Kier alpha value is -0.610. The molecule has 2 aliphatic rings. The molecule has 4 nitrogen and oxygen atoms in total. The predicted molar refractivity (Wildman–Crippen MR) is 71.2 cm³/mol. The largest absolute Gasteiger partial charge is 0.389 e. The molecule has 18 heavy (non-hydrogen) atoms. The van der Waals surface area contributed by atoms with Gasteiger partial charge < -0.3 is 10.0 Å². The van der Waals surface area contributed by atoms with E-state index < -0.39 is 5.60 Å². The van der Waals surface area contributed by atoms with E-state index in [1.54, 1.807) is 0 Å². The van der Waals surface area contributed by atoms with Crippen molar-refractivity contribution >= 4 is 5.91 Å². The highest BCUT2D eigenvalue weighted by Crippen LogP contribution is 2.37. The lowest BCUT2D eigenvalue weighted by molar-refractivity contribution is -0.137. The minimum atomic E-state index is -0.645. The van der Waals surface area contributed by atoms with E-state index in [2.05, 4.69) is 11.8 Å². The number of hydrogen-bond donors (Lipinski definition) is 1. The summed E-state index contributed by atoms with van der Waals surface area (Å²) in [7, 11) is 0. The summed E-state index contributed by atoms with van der Waals surface area (Å²) in [6.07, 6.45) is 2.46. The second kappa shape index (κ2) is 5.17. The number of aliphatic hydroxyl groups is 1. The topological polar surface area (TPSA) is 43.8 Å². The maximum Gasteiger partial charge on any atom is 0.225 e. The van der Waals surface area contributed by atoms with E-state index in [-0.39, 0.29) is 5.92 Å². The molecule has 1 saturated carbocycles. The van der Waals surface area contributed by atoms with Crippen LogP contribution in [0.3, 0.4) is 0 Å². The standard InChI is InChI=1S/C14H26N2O2/c1-11(12-4-5-12)13(17)16-8-6-15(7-9-16)10-14(2,3)18/h11-12,18H,4-10H2,1-3H3. The Labute approximate surface area is 110 Å². The molecule has 104 valence electrons. The van der Waals surface area contributed by atoms with Crippen LogP contribution in [-0.4, -0.2) is 59.1 Å². The molecule has 1 N–H and O–H groups in total. The van der Waals surface area contributed by atoms with Gasteiger partial charge in [0.1, 0.15) is 0 Å². The molecule has 1 heterocycles. The fourth-order valence-corrected chi connectivity index (χ4v) is 2.76. The van der Waals surface area contributed by atoms with Gasteiger partial charge in [0.05, 0.1) is 5.60 Å².